The van der Waals surface area contributed by atoms with Crippen molar-refractivity contribution in [1.29, 1.82) is 0 Å². The second-order valence-electron chi connectivity index (χ2n) is 6.23. The van der Waals surface area contributed by atoms with Crippen molar-refractivity contribution in [2.75, 3.05) is 0 Å². The Hall–Kier alpha value is -2.45. The van der Waals surface area contributed by atoms with Crippen LogP contribution >= 0.6 is 0 Å². The van der Waals surface area contributed by atoms with Crippen LogP contribution < -0.4 is 5.14 Å². The van der Waals surface area contributed by atoms with Gasteiger partial charge >= 0.3 is 6.18 Å². The first kappa shape index (κ1) is 19.3. The first-order valence-electron chi connectivity index (χ1n) is 8.20. The van der Waals surface area contributed by atoms with Crippen molar-refractivity contribution in [1.82, 2.24) is 4.98 Å². The smallest absolute Gasteiger partial charge is 0.255 e. The summed E-state index contributed by atoms with van der Waals surface area (Å²) in [7, 11) is -3.85. The third-order valence-corrected chi connectivity index (χ3v) is 5.29. The highest BCUT2D eigenvalue weighted by atomic mass is 32.2. The van der Waals surface area contributed by atoms with Crippen LogP contribution in [0.15, 0.2) is 59.6 Å². The van der Waals surface area contributed by atoms with Crippen LogP contribution in [-0.4, -0.2) is 13.4 Å². The number of sulfonamides is 1. The lowest BCUT2D eigenvalue weighted by Crippen LogP contribution is -2.12. The zero-order valence-corrected chi connectivity index (χ0v) is 15.2. The van der Waals surface area contributed by atoms with Crippen LogP contribution in [0.25, 0.3) is 11.1 Å². The summed E-state index contributed by atoms with van der Waals surface area (Å²) in [6.45, 7) is 2.00. The Labute approximate surface area is 155 Å². The van der Waals surface area contributed by atoms with E-state index < -0.39 is 21.8 Å². The zero-order chi connectivity index (χ0) is 19.8. The molecule has 1 aromatic carbocycles. The number of pyridine rings is 1. The lowest BCUT2D eigenvalue weighted by Gasteiger charge is -2.11. The van der Waals surface area contributed by atoms with E-state index >= 15 is 0 Å². The molecule has 142 valence electrons. The molecular weight excluding hydrogens is 377 g/mol. The number of primary sulfonamides is 1. The predicted octanol–water partition coefficient (Wildman–Crippen LogP) is 4.25. The maximum Gasteiger partial charge on any atom is 0.416 e. The molecule has 1 aromatic heterocycles. The number of nitrogens with two attached hydrogens (primary N) is 1. The summed E-state index contributed by atoms with van der Waals surface area (Å²) in [4.78, 5) is 4.08. The summed E-state index contributed by atoms with van der Waals surface area (Å²) in [6, 6.07) is 7.86. The van der Waals surface area contributed by atoms with Gasteiger partial charge in [-0.05, 0) is 47.7 Å². The molecule has 0 saturated carbocycles. The van der Waals surface area contributed by atoms with Gasteiger partial charge in [0.2, 0.25) is 10.0 Å². The van der Waals surface area contributed by atoms with Crippen molar-refractivity contribution in [3.05, 3.63) is 71.6 Å². The molecule has 1 heterocycles. The highest BCUT2D eigenvalue weighted by molar-refractivity contribution is 7.89. The van der Waals surface area contributed by atoms with Crippen LogP contribution in [0.3, 0.4) is 0 Å². The minimum Gasteiger partial charge on any atom is -0.255 e. The topological polar surface area (TPSA) is 73.1 Å². The summed E-state index contributed by atoms with van der Waals surface area (Å²) in [5.74, 6) is 0.122. The van der Waals surface area contributed by atoms with Crippen molar-refractivity contribution in [3.63, 3.8) is 0 Å². The number of halogens is 3. The molecular formula is C19H17F3N2O2S. The van der Waals surface area contributed by atoms with E-state index in [1.54, 1.807) is 6.07 Å². The van der Waals surface area contributed by atoms with Crippen LogP contribution in [0, 0.1) is 5.92 Å². The predicted molar refractivity (Wildman–Crippen MR) is 96.8 cm³/mol. The fraction of sp³-hybridized carbons (Fsp3) is 0.211. The van der Waals surface area contributed by atoms with E-state index in [0.717, 1.165) is 29.7 Å². The molecule has 0 bridgehead atoms. The van der Waals surface area contributed by atoms with Gasteiger partial charge in [-0.3, -0.25) is 4.98 Å². The van der Waals surface area contributed by atoms with Crippen molar-refractivity contribution in [2.45, 2.75) is 24.4 Å². The standard InChI is InChI=1S/C19H17F3N2O2S/c1-2-12-9-16(13-3-5-14(6-4-13)19(20,21)22)17(10-12)18-8-7-15(11-24-18)27(23,25)26/h3-12H,2H2,1H3,(H2,23,25,26). The Balaban J connectivity index is 1.98. The molecule has 27 heavy (non-hydrogen) atoms. The quantitative estimate of drug-likeness (QED) is 0.842. The summed E-state index contributed by atoms with van der Waals surface area (Å²) < 4.78 is 61.1. The van der Waals surface area contributed by atoms with Gasteiger partial charge < -0.3 is 0 Å². The third kappa shape index (κ3) is 4.12. The van der Waals surface area contributed by atoms with E-state index in [-0.39, 0.29) is 10.8 Å². The second-order valence-corrected chi connectivity index (χ2v) is 7.79. The van der Waals surface area contributed by atoms with Crippen LogP contribution in [0.1, 0.15) is 30.2 Å². The largest absolute Gasteiger partial charge is 0.416 e. The fourth-order valence-electron chi connectivity index (χ4n) is 2.91. The number of aromatic nitrogens is 1. The average molecular weight is 394 g/mol. The highest BCUT2D eigenvalue weighted by Crippen LogP contribution is 2.39. The molecule has 0 spiro atoms. The second kappa shape index (κ2) is 6.94. The van der Waals surface area contributed by atoms with Crippen molar-refractivity contribution < 1.29 is 21.6 Å². The van der Waals surface area contributed by atoms with Gasteiger partial charge in [-0.15, -0.1) is 0 Å². The van der Waals surface area contributed by atoms with Crippen molar-refractivity contribution >= 4 is 21.2 Å². The van der Waals surface area contributed by atoms with Gasteiger partial charge in [-0.1, -0.05) is 31.2 Å². The summed E-state index contributed by atoms with van der Waals surface area (Å²) >= 11 is 0. The molecule has 0 fully saturated rings. The Morgan fingerprint density at radius 2 is 1.67 bits per heavy atom. The number of hydrogen-bond acceptors (Lipinski definition) is 3. The molecule has 1 aliphatic carbocycles. The molecule has 0 amide bonds. The number of alkyl halides is 3. The molecule has 3 rings (SSSR count). The van der Waals surface area contributed by atoms with E-state index in [2.05, 4.69) is 4.98 Å². The first-order valence-corrected chi connectivity index (χ1v) is 9.75. The normalized spacial score (nSPS) is 17.6. The average Bonchev–Trinajstić information content (AvgIpc) is 3.05. The van der Waals surface area contributed by atoms with Crippen LogP contribution in [-0.2, 0) is 16.2 Å². The molecule has 0 saturated heterocycles. The molecule has 8 heteroatoms. The molecule has 4 nitrogen and oxygen atoms in total. The monoisotopic (exact) mass is 394 g/mol. The van der Waals surface area contributed by atoms with Gasteiger partial charge in [0, 0.05) is 11.8 Å². The summed E-state index contributed by atoms with van der Waals surface area (Å²) in [5.41, 5.74) is 1.99. The molecule has 1 atom stereocenters. The SMILES string of the molecule is CCC1C=C(c2ccc(C(F)(F)F)cc2)C(c2ccc(S(N)(=O)=O)cn2)=C1. The number of nitrogens with zero attached hydrogens (tertiary/aromatic N) is 1. The molecule has 1 unspecified atom stereocenters. The number of benzene rings is 1. The van der Waals surface area contributed by atoms with Gasteiger partial charge in [0.1, 0.15) is 4.90 Å². The number of hydrogen-bond donors (Lipinski definition) is 1. The maximum atomic E-state index is 12.8. The maximum absolute atomic E-state index is 12.8. The molecule has 2 aromatic rings. The lowest BCUT2D eigenvalue weighted by atomic mass is 9.97. The highest BCUT2D eigenvalue weighted by Gasteiger charge is 2.30. The van der Waals surface area contributed by atoms with Gasteiger partial charge in [0.05, 0.1) is 11.3 Å². The van der Waals surface area contributed by atoms with Crippen molar-refractivity contribution in [2.24, 2.45) is 11.1 Å². The fourth-order valence-corrected chi connectivity index (χ4v) is 3.37. The lowest BCUT2D eigenvalue weighted by molar-refractivity contribution is -0.137. The van der Waals surface area contributed by atoms with Crippen LogP contribution in [0.5, 0.6) is 0 Å². The minimum absolute atomic E-state index is 0.100. The molecule has 2 N–H and O–H groups in total. The number of rotatable bonds is 4. The van der Waals surface area contributed by atoms with E-state index in [4.69, 9.17) is 5.14 Å². The Bertz CT molecular complexity index is 1010. The Kier molecular flexibility index (Phi) is 4.96. The van der Waals surface area contributed by atoms with E-state index in [1.165, 1.54) is 24.4 Å². The summed E-state index contributed by atoms with van der Waals surface area (Å²) in [6.07, 6.45) is 1.56. The van der Waals surface area contributed by atoms with Gasteiger partial charge in [-0.25, -0.2) is 13.6 Å². The van der Waals surface area contributed by atoms with Gasteiger partial charge in [0.25, 0.3) is 0 Å². The van der Waals surface area contributed by atoms with E-state index in [0.29, 0.717) is 11.3 Å². The zero-order valence-electron chi connectivity index (χ0n) is 14.4. The molecule has 0 aliphatic heterocycles. The summed E-state index contributed by atoms with van der Waals surface area (Å²) in [5, 5.41) is 5.09. The van der Waals surface area contributed by atoms with Gasteiger partial charge in [0.15, 0.2) is 0 Å². The van der Waals surface area contributed by atoms with Crippen molar-refractivity contribution in [3.8, 4) is 0 Å². The van der Waals surface area contributed by atoms with Crippen LogP contribution in [0.2, 0.25) is 0 Å². The Morgan fingerprint density at radius 1 is 1.04 bits per heavy atom. The van der Waals surface area contributed by atoms with E-state index in [9.17, 15) is 21.6 Å². The van der Waals surface area contributed by atoms with Gasteiger partial charge in [-0.2, -0.15) is 13.2 Å². The molecule has 1 aliphatic rings. The van der Waals surface area contributed by atoms with Crippen LogP contribution in [0.4, 0.5) is 13.2 Å². The third-order valence-electron chi connectivity index (χ3n) is 4.39. The first-order chi connectivity index (χ1) is 12.6. The molecule has 0 radical (unpaired) electrons. The van der Waals surface area contributed by atoms with E-state index in [1.807, 2.05) is 19.1 Å². The Morgan fingerprint density at radius 3 is 2.15 bits per heavy atom. The minimum atomic E-state index is -4.39. The number of allylic oxidation sites excluding steroid dienone is 4.